The van der Waals surface area contributed by atoms with Crippen LogP contribution in [0.5, 0.6) is 5.75 Å². The molecular formula is C24H27BrO3. The molecule has 2 saturated heterocycles. The van der Waals surface area contributed by atoms with Crippen molar-refractivity contribution in [3.63, 3.8) is 0 Å². The van der Waals surface area contributed by atoms with Crippen LogP contribution in [-0.4, -0.2) is 19.5 Å². The fourth-order valence-corrected chi connectivity index (χ4v) is 4.17. The lowest BCUT2D eigenvalue weighted by Gasteiger charge is -2.26. The average molecular weight is 443 g/mol. The monoisotopic (exact) mass is 442 g/mol. The highest BCUT2D eigenvalue weighted by atomic mass is 79.9. The quantitative estimate of drug-likeness (QED) is 0.478. The first-order valence-corrected chi connectivity index (χ1v) is 11.0. The van der Waals surface area contributed by atoms with Crippen LogP contribution in [-0.2, 0) is 9.47 Å². The van der Waals surface area contributed by atoms with E-state index in [1.54, 1.807) is 0 Å². The van der Waals surface area contributed by atoms with Crippen LogP contribution in [0.15, 0.2) is 46.9 Å². The zero-order valence-electron chi connectivity index (χ0n) is 16.1. The fourth-order valence-electron chi connectivity index (χ4n) is 3.75. The molecule has 4 rings (SSSR count). The van der Waals surface area contributed by atoms with Crippen molar-refractivity contribution in [3.8, 4) is 5.75 Å². The van der Waals surface area contributed by atoms with E-state index in [4.69, 9.17) is 14.2 Å². The Hall–Kier alpha value is -1.62. The van der Waals surface area contributed by atoms with E-state index >= 15 is 0 Å². The van der Waals surface area contributed by atoms with E-state index in [0.717, 1.165) is 66.7 Å². The summed E-state index contributed by atoms with van der Waals surface area (Å²) < 4.78 is 19.1. The molecule has 148 valence electrons. The topological polar surface area (TPSA) is 27.7 Å². The summed E-state index contributed by atoms with van der Waals surface area (Å²) >= 11 is 3.61. The molecule has 2 aliphatic rings. The van der Waals surface area contributed by atoms with Gasteiger partial charge in [-0.2, -0.15) is 0 Å². The molecule has 2 heterocycles. The van der Waals surface area contributed by atoms with Gasteiger partial charge in [0.25, 0.3) is 0 Å². The number of benzene rings is 2. The molecule has 2 aromatic rings. The van der Waals surface area contributed by atoms with E-state index < -0.39 is 0 Å². The van der Waals surface area contributed by atoms with Crippen LogP contribution in [0.3, 0.4) is 0 Å². The van der Waals surface area contributed by atoms with Crippen LogP contribution in [0, 0.1) is 0 Å². The van der Waals surface area contributed by atoms with Gasteiger partial charge in [-0.15, -0.1) is 0 Å². The van der Waals surface area contributed by atoms with Crippen LogP contribution in [0.25, 0.3) is 12.2 Å². The van der Waals surface area contributed by atoms with Crippen molar-refractivity contribution in [2.45, 2.75) is 50.9 Å². The minimum Gasteiger partial charge on any atom is -0.465 e. The molecule has 3 nitrogen and oxygen atoms in total. The highest BCUT2D eigenvalue weighted by Gasteiger charge is 2.19. The van der Waals surface area contributed by atoms with Crippen molar-refractivity contribution in [1.29, 1.82) is 0 Å². The van der Waals surface area contributed by atoms with Gasteiger partial charge in [-0.1, -0.05) is 46.3 Å². The van der Waals surface area contributed by atoms with E-state index in [-0.39, 0.29) is 12.4 Å². The zero-order chi connectivity index (χ0) is 19.2. The second-order valence-electron chi connectivity index (χ2n) is 7.46. The highest BCUT2D eigenvalue weighted by Crippen LogP contribution is 2.32. The third-order valence-corrected chi connectivity index (χ3v) is 5.99. The van der Waals surface area contributed by atoms with Gasteiger partial charge in [-0.05, 0) is 73.1 Å². The van der Waals surface area contributed by atoms with Crippen molar-refractivity contribution in [2.24, 2.45) is 0 Å². The van der Waals surface area contributed by atoms with E-state index in [1.165, 1.54) is 12.0 Å². The molecule has 2 atom stereocenters. The summed E-state index contributed by atoms with van der Waals surface area (Å²) in [4.78, 5) is 0. The third-order valence-electron chi connectivity index (χ3n) is 5.27. The SMILES string of the molecule is Brc1ccccc1C=Cc1cc(OC2CCCCO2)cc(C2CCCCO2)c1. The Morgan fingerprint density at radius 1 is 0.893 bits per heavy atom. The van der Waals surface area contributed by atoms with Crippen molar-refractivity contribution >= 4 is 28.1 Å². The minimum atomic E-state index is -0.142. The molecule has 28 heavy (non-hydrogen) atoms. The van der Waals surface area contributed by atoms with Crippen molar-refractivity contribution in [3.05, 3.63) is 63.6 Å². The third kappa shape index (κ3) is 5.25. The molecule has 2 fully saturated rings. The molecule has 2 aliphatic heterocycles. The molecule has 0 saturated carbocycles. The van der Waals surface area contributed by atoms with Crippen molar-refractivity contribution in [1.82, 2.24) is 0 Å². The molecule has 0 bridgehead atoms. The molecule has 0 amide bonds. The van der Waals surface area contributed by atoms with E-state index in [1.807, 2.05) is 12.1 Å². The molecule has 0 aliphatic carbocycles. The molecule has 2 aromatic carbocycles. The molecule has 4 heteroatoms. The first kappa shape index (κ1) is 19.7. The Labute approximate surface area is 175 Å². The summed E-state index contributed by atoms with van der Waals surface area (Å²) in [5.41, 5.74) is 3.47. The Kier molecular flexibility index (Phi) is 6.84. The summed E-state index contributed by atoms with van der Waals surface area (Å²) in [6, 6.07) is 14.7. The van der Waals surface area contributed by atoms with Crippen molar-refractivity contribution in [2.75, 3.05) is 13.2 Å². The van der Waals surface area contributed by atoms with Gasteiger partial charge in [-0.25, -0.2) is 0 Å². The Bertz CT molecular complexity index is 805. The predicted molar refractivity (Wildman–Crippen MR) is 116 cm³/mol. The van der Waals surface area contributed by atoms with E-state index in [9.17, 15) is 0 Å². The normalized spacial score (nSPS) is 23.0. The summed E-state index contributed by atoms with van der Waals surface area (Å²) in [5.74, 6) is 0.866. The number of halogens is 1. The second-order valence-corrected chi connectivity index (χ2v) is 8.31. The van der Waals surface area contributed by atoms with Crippen LogP contribution in [0.4, 0.5) is 0 Å². The van der Waals surface area contributed by atoms with Gasteiger partial charge >= 0.3 is 0 Å². The first-order chi connectivity index (χ1) is 13.8. The highest BCUT2D eigenvalue weighted by molar-refractivity contribution is 9.10. The standard InChI is InChI=1S/C24H27BrO3/c25-22-8-2-1-7-19(22)12-11-18-15-20(23-9-3-5-13-26-23)17-21(16-18)28-24-10-4-6-14-27-24/h1-2,7-8,11-12,15-17,23-24H,3-6,9-10,13-14H2. The van der Waals surface area contributed by atoms with Crippen LogP contribution < -0.4 is 4.74 Å². The fraction of sp³-hybridized carbons (Fsp3) is 0.417. The lowest BCUT2D eigenvalue weighted by Crippen LogP contribution is -2.25. The lowest BCUT2D eigenvalue weighted by atomic mass is 9.98. The van der Waals surface area contributed by atoms with Gasteiger partial charge in [-0.3, -0.25) is 0 Å². The molecule has 0 spiro atoms. The number of ether oxygens (including phenoxy) is 3. The zero-order valence-corrected chi connectivity index (χ0v) is 17.7. The maximum Gasteiger partial charge on any atom is 0.199 e. The molecule has 0 aromatic heterocycles. The molecular weight excluding hydrogens is 416 g/mol. The summed E-state index contributed by atoms with van der Waals surface area (Å²) in [7, 11) is 0. The summed E-state index contributed by atoms with van der Waals surface area (Å²) in [5, 5.41) is 0. The molecule has 2 unspecified atom stereocenters. The Balaban J connectivity index is 1.59. The van der Waals surface area contributed by atoms with E-state index in [0.29, 0.717) is 0 Å². The van der Waals surface area contributed by atoms with Gasteiger partial charge in [0.2, 0.25) is 0 Å². The minimum absolute atomic E-state index is 0.142. The summed E-state index contributed by atoms with van der Waals surface area (Å²) in [6.45, 7) is 1.62. The van der Waals surface area contributed by atoms with Crippen LogP contribution >= 0.6 is 15.9 Å². The molecule has 0 radical (unpaired) electrons. The predicted octanol–water partition coefficient (Wildman–Crippen LogP) is 6.77. The van der Waals surface area contributed by atoms with Crippen LogP contribution in [0.1, 0.15) is 61.3 Å². The van der Waals surface area contributed by atoms with Crippen LogP contribution in [0.2, 0.25) is 0 Å². The van der Waals surface area contributed by atoms with Gasteiger partial charge in [0.05, 0.1) is 12.7 Å². The average Bonchev–Trinajstić information content (AvgIpc) is 2.74. The number of rotatable bonds is 5. The van der Waals surface area contributed by atoms with Crippen molar-refractivity contribution < 1.29 is 14.2 Å². The van der Waals surface area contributed by atoms with Gasteiger partial charge < -0.3 is 14.2 Å². The second kappa shape index (κ2) is 9.73. The molecule has 0 N–H and O–H groups in total. The van der Waals surface area contributed by atoms with Gasteiger partial charge in [0, 0.05) is 17.5 Å². The van der Waals surface area contributed by atoms with Gasteiger partial charge in [0.1, 0.15) is 5.75 Å². The Morgan fingerprint density at radius 2 is 1.71 bits per heavy atom. The lowest BCUT2D eigenvalue weighted by molar-refractivity contribution is -0.106. The summed E-state index contributed by atoms with van der Waals surface area (Å²) in [6.07, 6.45) is 10.9. The number of hydrogen-bond acceptors (Lipinski definition) is 3. The smallest absolute Gasteiger partial charge is 0.199 e. The maximum absolute atomic E-state index is 6.18. The number of hydrogen-bond donors (Lipinski definition) is 0. The van der Waals surface area contributed by atoms with E-state index in [2.05, 4.69) is 58.4 Å². The maximum atomic E-state index is 6.18. The largest absolute Gasteiger partial charge is 0.465 e. The Morgan fingerprint density at radius 3 is 2.46 bits per heavy atom. The first-order valence-electron chi connectivity index (χ1n) is 10.3. The van der Waals surface area contributed by atoms with Gasteiger partial charge in [0.15, 0.2) is 6.29 Å².